The normalized spacial score (nSPS) is 9.69. The van der Waals surface area contributed by atoms with Crippen LogP contribution in [0.2, 0.25) is 0 Å². The number of hydrogen-bond acceptors (Lipinski definition) is 4. The Bertz CT molecular complexity index is 331. The van der Waals surface area contributed by atoms with Crippen molar-refractivity contribution in [1.82, 2.24) is 0 Å². The molecule has 0 saturated carbocycles. The van der Waals surface area contributed by atoms with E-state index in [0.29, 0.717) is 0 Å². The number of rotatable bonds is 2. The third-order valence-corrected chi connectivity index (χ3v) is 1.47. The van der Waals surface area contributed by atoms with Crippen LogP contribution in [-0.2, 0) is 0 Å². The molecule has 13 heavy (non-hydrogen) atoms. The second kappa shape index (κ2) is 3.26. The number of halogens is 1. The van der Waals surface area contributed by atoms with Crippen molar-refractivity contribution in [3.8, 4) is 5.75 Å². The predicted octanol–water partition coefficient (Wildman–Crippen LogP) is 1.32. The standard InChI is InChI=1S/C7H7FN2O3/c1-13-7-5(8)2-4(10(11)12)3-6(7)9/h2-3H,9H2,1H3. The SMILES string of the molecule is COc1c(N)cc([N+](=O)[O-])cc1F. The van der Waals surface area contributed by atoms with E-state index in [0.717, 1.165) is 12.1 Å². The molecule has 0 fully saturated rings. The Morgan fingerprint density at radius 1 is 1.62 bits per heavy atom. The summed E-state index contributed by atoms with van der Waals surface area (Å²) in [5.74, 6) is -1.01. The van der Waals surface area contributed by atoms with Crippen LogP contribution >= 0.6 is 0 Å². The average Bonchev–Trinajstić information content (AvgIpc) is 2.03. The van der Waals surface area contributed by atoms with Crippen molar-refractivity contribution in [3.05, 3.63) is 28.1 Å². The van der Waals surface area contributed by atoms with Crippen LogP contribution in [0.3, 0.4) is 0 Å². The van der Waals surface area contributed by atoms with Gasteiger partial charge in [0.05, 0.1) is 23.8 Å². The molecule has 1 aromatic rings. The van der Waals surface area contributed by atoms with Crippen LogP contribution < -0.4 is 10.5 Å². The van der Waals surface area contributed by atoms with Gasteiger partial charge in [0.1, 0.15) is 0 Å². The fourth-order valence-corrected chi connectivity index (χ4v) is 0.921. The van der Waals surface area contributed by atoms with Crippen molar-refractivity contribution in [2.45, 2.75) is 0 Å². The number of anilines is 1. The summed E-state index contributed by atoms with van der Waals surface area (Å²) in [6.45, 7) is 0. The first-order chi connectivity index (χ1) is 6.06. The second-order valence-corrected chi connectivity index (χ2v) is 2.31. The van der Waals surface area contributed by atoms with E-state index < -0.39 is 16.4 Å². The van der Waals surface area contributed by atoms with E-state index >= 15 is 0 Å². The molecular weight excluding hydrogens is 179 g/mol. The maximum absolute atomic E-state index is 13.0. The van der Waals surface area contributed by atoms with Crippen molar-refractivity contribution in [1.29, 1.82) is 0 Å². The summed E-state index contributed by atoms with van der Waals surface area (Å²) in [6.07, 6.45) is 0. The number of hydrogen-bond donors (Lipinski definition) is 1. The second-order valence-electron chi connectivity index (χ2n) is 2.31. The van der Waals surface area contributed by atoms with E-state index in [-0.39, 0.29) is 11.4 Å². The Kier molecular flexibility index (Phi) is 2.32. The molecule has 2 N–H and O–H groups in total. The van der Waals surface area contributed by atoms with E-state index in [2.05, 4.69) is 4.74 Å². The van der Waals surface area contributed by atoms with Gasteiger partial charge in [-0.05, 0) is 0 Å². The summed E-state index contributed by atoms with van der Waals surface area (Å²) < 4.78 is 17.6. The fourth-order valence-electron chi connectivity index (χ4n) is 0.921. The molecule has 5 nitrogen and oxygen atoms in total. The Labute approximate surface area is 73.1 Å². The number of ether oxygens (including phenoxy) is 1. The Balaban J connectivity index is 3.28. The van der Waals surface area contributed by atoms with E-state index in [9.17, 15) is 14.5 Å². The lowest BCUT2D eigenvalue weighted by Crippen LogP contribution is -1.98. The maximum Gasteiger partial charge on any atom is 0.274 e. The molecule has 0 aliphatic rings. The fraction of sp³-hybridized carbons (Fsp3) is 0.143. The van der Waals surface area contributed by atoms with Crippen molar-refractivity contribution in [2.75, 3.05) is 12.8 Å². The van der Waals surface area contributed by atoms with E-state index in [1.165, 1.54) is 7.11 Å². The highest BCUT2D eigenvalue weighted by atomic mass is 19.1. The molecule has 0 spiro atoms. The van der Waals surface area contributed by atoms with Gasteiger partial charge in [0, 0.05) is 6.07 Å². The molecule has 0 bridgehead atoms. The number of benzene rings is 1. The molecule has 0 amide bonds. The lowest BCUT2D eigenvalue weighted by molar-refractivity contribution is -0.385. The molecule has 0 atom stereocenters. The van der Waals surface area contributed by atoms with Crippen molar-refractivity contribution < 1.29 is 14.1 Å². The quantitative estimate of drug-likeness (QED) is 0.429. The molecule has 0 unspecified atom stereocenters. The molecule has 6 heteroatoms. The summed E-state index contributed by atoms with van der Waals surface area (Å²) in [5, 5.41) is 10.2. The lowest BCUT2D eigenvalue weighted by Gasteiger charge is -2.04. The molecule has 0 aliphatic heterocycles. The summed E-state index contributed by atoms with van der Waals surface area (Å²) in [6, 6.07) is 1.80. The highest BCUT2D eigenvalue weighted by molar-refractivity contribution is 5.59. The number of nitro groups is 1. The van der Waals surface area contributed by atoms with Crippen LogP contribution in [0.5, 0.6) is 5.75 Å². The van der Waals surface area contributed by atoms with Gasteiger partial charge in [-0.25, -0.2) is 4.39 Å². The maximum atomic E-state index is 13.0. The largest absolute Gasteiger partial charge is 0.492 e. The Hall–Kier alpha value is -1.85. The van der Waals surface area contributed by atoms with Crippen LogP contribution in [0.25, 0.3) is 0 Å². The Morgan fingerprint density at radius 2 is 2.23 bits per heavy atom. The van der Waals surface area contributed by atoms with Crippen molar-refractivity contribution >= 4 is 11.4 Å². The number of nitrogens with zero attached hydrogens (tertiary/aromatic N) is 1. The van der Waals surface area contributed by atoms with Gasteiger partial charge >= 0.3 is 0 Å². The van der Waals surface area contributed by atoms with Gasteiger partial charge in [0.25, 0.3) is 5.69 Å². The summed E-state index contributed by atoms with van der Waals surface area (Å²) in [4.78, 5) is 9.52. The number of nitro benzene ring substituents is 1. The van der Waals surface area contributed by atoms with Crippen LogP contribution in [-0.4, -0.2) is 12.0 Å². The average molecular weight is 186 g/mol. The first-order valence-corrected chi connectivity index (χ1v) is 3.33. The van der Waals surface area contributed by atoms with Crippen LogP contribution in [0.1, 0.15) is 0 Å². The minimum atomic E-state index is -0.839. The van der Waals surface area contributed by atoms with Crippen LogP contribution in [0.15, 0.2) is 12.1 Å². The zero-order valence-corrected chi connectivity index (χ0v) is 6.78. The molecule has 0 aromatic heterocycles. The van der Waals surface area contributed by atoms with Crippen molar-refractivity contribution in [2.24, 2.45) is 0 Å². The monoisotopic (exact) mass is 186 g/mol. The topological polar surface area (TPSA) is 78.4 Å². The Morgan fingerprint density at radius 3 is 2.62 bits per heavy atom. The van der Waals surface area contributed by atoms with Gasteiger partial charge in [-0.3, -0.25) is 10.1 Å². The summed E-state index contributed by atoms with van der Waals surface area (Å²) in [5.41, 5.74) is 4.82. The number of nitrogens with two attached hydrogens (primary N) is 1. The van der Waals surface area contributed by atoms with E-state index in [1.807, 2.05) is 0 Å². The minimum absolute atomic E-state index is 0.0887. The van der Waals surface area contributed by atoms with Gasteiger partial charge in [-0.1, -0.05) is 0 Å². The third kappa shape index (κ3) is 1.66. The lowest BCUT2D eigenvalue weighted by atomic mass is 10.2. The van der Waals surface area contributed by atoms with Crippen molar-refractivity contribution in [3.63, 3.8) is 0 Å². The molecule has 0 saturated heterocycles. The van der Waals surface area contributed by atoms with Gasteiger partial charge in [0.15, 0.2) is 11.6 Å². The molecule has 0 aliphatic carbocycles. The molecular formula is C7H7FN2O3. The van der Waals surface area contributed by atoms with Crippen LogP contribution in [0.4, 0.5) is 15.8 Å². The minimum Gasteiger partial charge on any atom is -0.492 e. The molecule has 0 heterocycles. The summed E-state index contributed by atoms with van der Waals surface area (Å²) >= 11 is 0. The first kappa shape index (κ1) is 9.24. The smallest absolute Gasteiger partial charge is 0.274 e. The molecule has 1 rings (SSSR count). The predicted molar refractivity (Wildman–Crippen MR) is 44.0 cm³/mol. The molecule has 70 valence electrons. The summed E-state index contributed by atoms with van der Waals surface area (Å²) in [7, 11) is 1.24. The van der Waals surface area contributed by atoms with Gasteiger partial charge in [-0.15, -0.1) is 0 Å². The number of non-ortho nitro benzene ring substituents is 1. The first-order valence-electron chi connectivity index (χ1n) is 3.33. The van der Waals surface area contributed by atoms with E-state index in [4.69, 9.17) is 5.73 Å². The van der Waals surface area contributed by atoms with Gasteiger partial charge in [-0.2, -0.15) is 0 Å². The van der Waals surface area contributed by atoms with Crippen LogP contribution in [0, 0.1) is 15.9 Å². The number of nitrogen functional groups attached to an aromatic ring is 1. The third-order valence-electron chi connectivity index (χ3n) is 1.47. The van der Waals surface area contributed by atoms with E-state index in [1.54, 1.807) is 0 Å². The zero-order chi connectivity index (χ0) is 10.0. The molecule has 1 aromatic carbocycles. The number of methoxy groups -OCH3 is 1. The highest BCUT2D eigenvalue weighted by Crippen LogP contribution is 2.29. The van der Waals surface area contributed by atoms with Gasteiger partial charge < -0.3 is 10.5 Å². The highest BCUT2D eigenvalue weighted by Gasteiger charge is 2.14. The zero-order valence-electron chi connectivity index (χ0n) is 6.78. The molecule has 0 radical (unpaired) electrons. The van der Waals surface area contributed by atoms with Gasteiger partial charge in [0.2, 0.25) is 0 Å².